The third-order valence-electron chi connectivity index (χ3n) is 4.59. The van der Waals surface area contributed by atoms with Gasteiger partial charge in [-0.1, -0.05) is 0 Å². The molecule has 1 N–H and O–H groups in total. The van der Waals surface area contributed by atoms with Crippen LogP contribution in [0.15, 0.2) is 52.7 Å². The molecule has 1 amide bonds. The molecule has 0 saturated heterocycles. The van der Waals surface area contributed by atoms with Gasteiger partial charge < -0.3 is 19.5 Å². The predicted octanol–water partition coefficient (Wildman–Crippen LogP) is 3.99. The van der Waals surface area contributed by atoms with Crippen LogP contribution in [0.5, 0.6) is 17.2 Å². The lowest BCUT2D eigenvalue weighted by Crippen LogP contribution is -2.28. The molecule has 11 heteroatoms. The van der Waals surface area contributed by atoms with E-state index in [0.717, 1.165) is 27.8 Å². The molecule has 0 atom stereocenters. The number of thiophene rings is 1. The SMILES string of the molecule is COc1cc(NC(=O)c2sccc2S(=O)(=O)N(C)c2ccc(F)cc2)cc(OC)c1OC. The molecule has 0 aliphatic carbocycles. The van der Waals surface area contributed by atoms with Crippen molar-refractivity contribution >= 4 is 38.6 Å². The Bertz CT molecular complexity index is 1200. The Morgan fingerprint density at radius 3 is 2.12 bits per heavy atom. The lowest BCUT2D eigenvalue weighted by atomic mass is 10.2. The number of hydrogen-bond acceptors (Lipinski definition) is 7. The molecule has 170 valence electrons. The molecule has 3 rings (SSSR count). The highest BCUT2D eigenvalue weighted by molar-refractivity contribution is 7.93. The molecule has 0 aliphatic heterocycles. The van der Waals surface area contributed by atoms with Crippen molar-refractivity contribution in [1.29, 1.82) is 0 Å². The summed E-state index contributed by atoms with van der Waals surface area (Å²) < 4.78 is 56.3. The van der Waals surface area contributed by atoms with Crippen molar-refractivity contribution in [2.45, 2.75) is 4.90 Å². The maximum absolute atomic E-state index is 13.2. The van der Waals surface area contributed by atoms with Gasteiger partial charge in [0.1, 0.15) is 15.6 Å². The van der Waals surface area contributed by atoms with E-state index in [2.05, 4.69) is 5.32 Å². The van der Waals surface area contributed by atoms with Gasteiger partial charge in [0.2, 0.25) is 5.75 Å². The summed E-state index contributed by atoms with van der Waals surface area (Å²) in [6, 6.07) is 9.42. The second-order valence-corrected chi connectivity index (χ2v) is 9.28. The van der Waals surface area contributed by atoms with E-state index in [0.29, 0.717) is 22.9 Å². The number of hydrogen-bond donors (Lipinski definition) is 1. The zero-order valence-corrected chi connectivity index (χ0v) is 19.3. The molecule has 0 unspecified atom stereocenters. The van der Waals surface area contributed by atoms with Gasteiger partial charge in [0.05, 0.1) is 27.0 Å². The van der Waals surface area contributed by atoms with E-state index in [4.69, 9.17) is 14.2 Å². The minimum absolute atomic E-state index is 0.00675. The van der Waals surface area contributed by atoms with Crippen molar-refractivity contribution in [2.24, 2.45) is 0 Å². The number of nitrogens with one attached hydrogen (secondary N) is 1. The fraction of sp³-hybridized carbons (Fsp3) is 0.190. The Morgan fingerprint density at radius 2 is 1.59 bits per heavy atom. The smallest absolute Gasteiger partial charge is 0.267 e. The average Bonchev–Trinajstić information content (AvgIpc) is 3.29. The van der Waals surface area contributed by atoms with Crippen LogP contribution in [0.3, 0.4) is 0 Å². The van der Waals surface area contributed by atoms with E-state index in [1.165, 1.54) is 64.1 Å². The quantitative estimate of drug-likeness (QED) is 0.524. The zero-order valence-electron chi connectivity index (χ0n) is 17.7. The molecule has 0 fully saturated rings. The summed E-state index contributed by atoms with van der Waals surface area (Å²) in [4.78, 5) is 12.8. The number of ether oxygens (including phenoxy) is 3. The Kier molecular flexibility index (Phi) is 6.90. The van der Waals surface area contributed by atoms with Crippen molar-refractivity contribution in [3.8, 4) is 17.2 Å². The number of benzene rings is 2. The number of amides is 1. The van der Waals surface area contributed by atoms with Crippen LogP contribution in [-0.4, -0.2) is 42.7 Å². The van der Waals surface area contributed by atoms with Gasteiger partial charge in [0.15, 0.2) is 11.5 Å². The van der Waals surface area contributed by atoms with E-state index in [-0.39, 0.29) is 15.5 Å². The van der Waals surface area contributed by atoms with Gasteiger partial charge in [0, 0.05) is 24.9 Å². The lowest BCUT2D eigenvalue weighted by molar-refractivity contribution is 0.102. The van der Waals surface area contributed by atoms with Crippen LogP contribution in [0, 0.1) is 5.82 Å². The van der Waals surface area contributed by atoms with Crippen LogP contribution in [0.4, 0.5) is 15.8 Å². The minimum Gasteiger partial charge on any atom is -0.493 e. The second-order valence-electron chi connectivity index (χ2n) is 6.43. The Labute approximate surface area is 189 Å². The number of methoxy groups -OCH3 is 3. The minimum atomic E-state index is -4.07. The fourth-order valence-electron chi connectivity index (χ4n) is 2.94. The number of anilines is 2. The Morgan fingerprint density at radius 1 is 1.00 bits per heavy atom. The largest absolute Gasteiger partial charge is 0.493 e. The highest BCUT2D eigenvalue weighted by Crippen LogP contribution is 2.40. The Hall–Kier alpha value is -3.31. The first kappa shape index (κ1) is 23.4. The van der Waals surface area contributed by atoms with Crippen molar-refractivity contribution in [3.63, 3.8) is 0 Å². The summed E-state index contributed by atoms with van der Waals surface area (Å²) in [6.45, 7) is 0. The molecule has 0 aliphatic rings. The first-order valence-electron chi connectivity index (χ1n) is 9.16. The molecular weight excluding hydrogens is 459 g/mol. The molecule has 0 spiro atoms. The topological polar surface area (TPSA) is 94.2 Å². The zero-order chi connectivity index (χ0) is 23.5. The van der Waals surface area contributed by atoms with Crippen molar-refractivity contribution in [1.82, 2.24) is 0 Å². The van der Waals surface area contributed by atoms with Crippen LogP contribution in [-0.2, 0) is 10.0 Å². The van der Waals surface area contributed by atoms with Gasteiger partial charge in [0.25, 0.3) is 15.9 Å². The number of nitrogens with zero attached hydrogens (tertiary/aromatic N) is 1. The molecule has 8 nitrogen and oxygen atoms in total. The normalized spacial score (nSPS) is 11.0. The summed E-state index contributed by atoms with van der Waals surface area (Å²) in [7, 11) is 1.60. The van der Waals surface area contributed by atoms with Crippen molar-refractivity contribution in [2.75, 3.05) is 38.0 Å². The van der Waals surface area contributed by atoms with Crippen LogP contribution < -0.4 is 23.8 Å². The first-order chi connectivity index (χ1) is 15.2. The van der Waals surface area contributed by atoms with Gasteiger partial charge in [-0.05, 0) is 35.7 Å². The van der Waals surface area contributed by atoms with E-state index in [1.54, 1.807) is 0 Å². The van der Waals surface area contributed by atoms with Crippen molar-refractivity contribution < 1.29 is 31.8 Å². The summed E-state index contributed by atoms with van der Waals surface area (Å²) in [5.74, 6) is -0.0939. The predicted molar refractivity (Wildman–Crippen MR) is 120 cm³/mol. The average molecular weight is 481 g/mol. The molecule has 0 radical (unpaired) electrons. The maximum atomic E-state index is 13.2. The molecule has 2 aromatic carbocycles. The van der Waals surface area contributed by atoms with Crippen LogP contribution in [0.2, 0.25) is 0 Å². The first-order valence-corrected chi connectivity index (χ1v) is 11.5. The summed E-state index contributed by atoms with van der Waals surface area (Å²) in [5, 5.41) is 4.18. The molecular formula is C21H21FN2O6S2. The summed E-state index contributed by atoms with van der Waals surface area (Å²) in [6.07, 6.45) is 0. The van der Waals surface area contributed by atoms with Crippen LogP contribution in [0.25, 0.3) is 0 Å². The second kappa shape index (κ2) is 9.45. The third kappa shape index (κ3) is 4.48. The van der Waals surface area contributed by atoms with E-state index in [1.807, 2.05) is 0 Å². The summed E-state index contributed by atoms with van der Waals surface area (Å²) >= 11 is 0.981. The van der Waals surface area contributed by atoms with Gasteiger partial charge in [-0.2, -0.15) is 0 Å². The fourth-order valence-corrected chi connectivity index (χ4v) is 5.43. The summed E-state index contributed by atoms with van der Waals surface area (Å²) in [5.41, 5.74) is 0.585. The maximum Gasteiger partial charge on any atom is 0.267 e. The molecule has 3 aromatic rings. The molecule has 0 saturated carbocycles. The van der Waals surface area contributed by atoms with E-state index >= 15 is 0 Å². The molecule has 0 bridgehead atoms. The van der Waals surface area contributed by atoms with Gasteiger partial charge in [-0.15, -0.1) is 11.3 Å². The van der Waals surface area contributed by atoms with E-state index < -0.39 is 21.7 Å². The monoisotopic (exact) mass is 480 g/mol. The van der Waals surface area contributed by atoms with Gasteiger partial charge in [-0.25, -0.2) is 12.8 Å². The van der Waals surface area contributed by atoms with Gasteiger partial charge in [-0.3, -0.25) is 9.10 Å². The van der Waals surface area contributed by atoms with Crippen molar-refractivity contribution in [3.05, 3.63) is 58.5 Å². The number of rotatable bonds is 8. The van der Waals surface area contributed by atoms with E-state index in [9.17, 15) is 17.6 Å². The Balaban J connectivity index is 1.92. The number of sulfonamides is 1. The number of halogens is 1. The number of carbonyl (C=O) groups excluding carboxylic acids is 1. The third-order valence-corrected chi connectivity index (χ3v) is 7.46. The highest BCUT2D eigenvalue weighted by Gasteiger charge is 2.29. The number of carbonyl (C=O) groups is 1. The lowest BCUT2D eigenvalue weighted by Gasteiger charge is -2.19. The van der Waals surface area contributed by atoms with Gasteiger partial charge >= 0.3 is 0 Å². The molecule has 1 heterocycles. The highest BCUT2D eigenvalue weighted by atomic mass is 32.2. The standard InChI is InChI=1S/C21H21FN2O6S2/c1-24(15-7-5-13(22)6-8-15)32(26,27)18-9-10-31-20(18)21(25)23-14-11-16(28-2)19(30-4)17(12-14)29-3/h5-12H,1-4H3,(H,23,25). The van der Waals surface area contributed by atoms with Crippen LogP contribution >= 0.6 is 11.3 Å². The van der Waals surface area contributed by atoms with Crippen LogP contribution in [0.1, 0.15) is 9.67 Å². The molecule has 1 aromatic heterocycles. The molecule has 32 heavy (non-hydrogen) atoms.